The Morgan fingerprint density at radius 2 is 1.82 bits per heavy atom. The number of benzene rings is 2. The van der Waals surface area contributed by atoms with Crippen LogP contribution in [-0.2, 0) is 31.7 Å². The lowest BCUT2D eigenvalue weighted by Crippen LogP contribution is -2.15. The van der Waals surface area contributed by atoms with Gasteiger partial charge in [-0.1, -0.05) is 36.0 Å². The van der Waals surface area contributed by atoms with Crippen molar-refractivity contribution in [3.63, 3.8) is 0 Å². The zero-order chi connectivity index (χ0) is 23.8. The molecular formula is C22H24N4O5S2. The van der Waals surface area contributed by atoms with Crippen LogP contribution in [0.3, 0.4) is 0 Å². The van der Waals surface area contributed by atoms with E-state index >= 15 is 0 Å². The van der Waals surface area contributed by atoms with Gasteiger partial charge < -0.3 is 14.6 Å². The topological polar surface area (TPSA) is 120 Å². The first-order valence-electron chi connectivity index (χ1n) is 10.2. The van der Waals surface area contributed by atoms with E-state index in [1.165, 1.54) is 0 Å². The highest BCUT2D eigenvalue weighted by molar-refractivity contribution is 7.99. The number of hydrogen-bond acceptors (Lipinski definition) is 8. The van der Waals surface area contributed by atoms with E-state index in [1.54, 1.807) is 66.1 Å². The molecule has 0 spiro atoms. The second-order valence-corrected chi connectivity index (χ2v) is 9.79. The number of ether oxygens (including phenoxy) is 1. The van der Waals surface area contributed by atoms with Gasteiger partial charge in [-0.15, -0.1) is 10.2 Å². The first kappa shape index (κ1) is 24.5. The Labute approximate surface area is 196 Å². The van der Waals surface area contributed by atoms with Crippen LogP contribution in [0, 0.1) is 0 Å². The number of hydrogen-bond donors (Lipinski definition) is 1. The minimum absolute atomic E-state index is 0.0349. The van der Waals surface area contributed by atoms with Gasteiger partial charge in [-0.05, 0) is 44.2 Å². The normalized spacial score (nSPS) is 11.2. The van der Waals surface area contributed by atoms with Crippen molar-refractivity contribution in [2.24, 2.45) is 0 Å². The number of carbonyl (C=O) groups is 2. The summed E-state index contributed by atoms with van der Waals surface area (Å²) in [6.07, 6.45) is 0. The summed E-state index contributed by atoms with van der Waals surface area (Å²) in [6.45, 7) is 4.29. The van der Waals surface area contributed by atoms with Crippen molar-refractivity contribution < 1.29 is 22.7 Å². The van der Waals surface area contributed by atoms with Gasteiger partial charge in [0.05, 0.1) is 22.8 Å². The Morgan fingerprint density at radius 1 is 1.06 bits per heavy atom. The molecule has 1 aromatic heterocycles. The molecule has 0 atom stereocenters. The van der Waals surface area contributed by atoms with Crippen LogP contribution in [0.15, 0.2) is 64.6 Å². The van der Waals surface area contributed by atoms with Crippen LogP contribution >= 0.6 is 11.8 Å². The zero-order valence-corrected chi connectivity index (χ0v) is 19.9. The van der Waals surface area contributed by atoms with Crippen LogP contribution in [0.4, 0.5) is 5.69 Å². The number of amides is 1. The number of anilines is 1. The summed E-state index contributed by atoms with van der Waals surface area (Å²) in [5.41, 5.74) is 0.815. The fourth-order valence-corrected chi connectivity index (χ4v) is 5.11. The average molecular weight is 489 g/mol. The summed E-state index contributed by atoms with van der Waals surface area (Å²) >= 11 is 1.15. The molecular weight excluding hydrogens is 464 g/mol. The second kappa shape index (κ2) is 11.1. The predicted octanol–water partition coefficient (Wildman–Crippen LogP) is 3.18. The largest absolute Gasteiger partial charge is 0.462 e. The van der Waals surface area contributed by atoms with Crippen LogP contribution in [0.25, 0.3) is 0 Å². The SMILES string of the molecule is CCOC(=O)c1cccc(NC(=O)CSc2nnc(CS(=O)(=O)c3ccccc3)n2CC)c1. The molecule has 0 aliphatic carbocycles. The number of sulfone groups is 1. The van der Waals surface area contributed by atoms with Crippen molar-refractivity contribution in [2.75, 3.05) is 17.7 Å². The van der Waals surface area contributed by atoms with Gasteiger partial charge in [-0.2, -0.15) is 0 Å². The maximum atomic E-state index is 12.7. The molecule has 0 fully saturated rings. The maximum absolute atomic E-state index is 12.7. The van der Waals surface area contributed by atoms with Crippen molar-refractivity contribution in [3.05, 3.63) is 66.0 Å². The predicted molar refractivity (Wildman–Crippen MR) is 125 cm³/mol. The Hall–Kier alpha value is -3.18. The van der Waals surface area contributed by atoms with Crippen molar-refractivity contribution in [3.8, 4) is 0 Å². The van der Waals surface area contributed by atoms with Gasteiger partial charge in [0.15, 0.2) is 15.0 Å². The fourth-order valence-electron chi connectivity index (χ4n) is 3.00. The molecule has 1 heterocycles. The molecule has 0 saturated heterocycles. The number of carbonyl (C=O) groups excluding carboxylic acids is 2. The average Bonchev–Trinajstić information content (AvgIpc) is 3.19. The van der Waals surface area contributed by atoms with E-state index in [4.69, 9.17) is 4.74 Å². The quantitative estimate of drug-likeness (QED) is 0.341. The number of nitrogens with one attached hydrogen (secondary N) is 1. The van der Waals surface area contributed by atoms with E-state index in [9.17, 15) is 18.0 Å². The molecule has 0 bridgehead atoms. The third kappa shape index (κ3) is 6.42. The lowest BCUT2D eigenvalue weighted by molar-refractivity contribution is -0.113. The van der Waals surface area contributed by atoms with E-state index in [0.717, 1.165) is 11.8 Å². The minimum atomic E-state index is -3.57. The highest BCUT2D eigenvalue weighted by atomic mass is 32.2. The number of esters is 1. The summed E-state index contributed by atoms with van der Waals surface area (Å²) in [6, 6.07) is 14.6. The third-order valence-corrected chi connectivity index (χ3v) is 7.12. The Bertz CT molecular complexity index is 1230. The Kier molecular flexibility index (Phi) is 8.23. The van der Waals surface area contributed by atoms with Crippen molar-refractivity contribution >= 4 is 39.2 Å². The molecule has 11 heteroatoms. The smallest absolute Gasteiger partial charge is 0.338 e. The monoisotopic (exact) mass is 488 g/mol. The molecule has 174 valence electrons. The van der Waals surface area contributed by atoms with Gasteiger partial charge in [0.25, 0.3) is 0 Å². The number of nitrogens with zero attached hydrogens (tertiary/aromatic N) is 3. The van der Waals surface area contributed by atoms with Crippen LogP contribution < -0.4 is 5.32 Å². The second-order valence-electron chi connectivity index (χ2n) is 6.85. The molecule has 1 N–H and O–H groups in total. The molecule has 1 amide bonds. The van der Waals surface area contributed by atoms with E-state index < -0.39 is 15.8 Å². The van der Waals surface area contributed by atoms with Gasteiger partial charge in [0.2, 0.25) is 5.91 Å². The number of rotatable bonds is 10. The minimum Gasteiger partial charge on any atom is -0.462 e. The van der Waals surface area contributed by atoms with Crippen LogP contribution in [0.1, 0.15) is 30.0 Å². The van der Waals surface area contributed by atoms with Gasteiger partial charge in [-0.25, -0.2) is 13.2 Å². The van der Waals surface area contributed by atoms with Gasteiger partial charge in [0, 0.05) is 12.2 Å². The third-order valence-electron chi connectivity index (χ3n) is 4.52. The van der Waals surface area contributed by atoms with Crippen molar-refractivity contribution in [1.29, 1.82) is 0 Å². The van der Waals surface area contributed by atoms with E-state index in [0.29, 0.717) is 28.8 Å². The lowest BCUT2D eigenvalue weighted by Gasteiger charge is -2.09. The molecule has 0 radical (unpaired) electrons. The van der Waals surface area contributed by atoms with Crippen molar-refractivity contribution in [1.82, 2.24) is 14.8 Å². The summed E-state index contributed by atoms with van der Waals surface area (Å²) in [4.78, 5) is 24.5. The summed E-state index contributed by atoms with van der Waals surface area (Å²) in [7, 11) is -3.57. The molecule has 9 nitrogen and oxygen atoms in total. The molecule has 33 heavy (non-hydrogen) atoms. The number of thioether (sulfide) groups is 1. The van der Waals surface area contributed by atoms with E-state index in [-0.39, 0.29) is 28.9 Å². The first-order chi connectivity index (χ1) is 15.8. The summed E-state index contributed by atoms with van der Waals surface area (Å²) in [5.74, 6) is -0.702. The standard InChI is InChI=1S/C22H24N4O5S2/c1-3-26-19(15-33(29,30)18-11-6-5-7-12-18)24-25-22(26)32-14-20(27)23-17-10-8-9-16(13-17)21(28)31-4-2/h5-13H,3-4,14-15H2,1-2H3,(H,23,27). The molecule has 0 aliphatic heterocycles. The molecule has 2 aromatic carbocycles. The van der Waals surface area contributed by atoms with E-state index in [1.807, 2.05) is 6.92 Å². The number of aromatic nitrogens is 3. The van der Waals surface area contributed by atoms with Crippen LogP contribution in [0.2, 0.25) is 0 Å². The molecule has 0 aliphatic rings. The van der Waals surface area contributed by atoms with Crippen LogP contribution in [-0.4, -0.2) is 47.4 Å². The zero-order valence-electron chi connectivity index (χ0n) is 18.2. The van der Waals surface area contributed by atoms with Crippen LogP contribution in [0.5, 0.6) is 0 Å². The highest BCUT2D eigenvalue weighted by Gasteiger charge is 2.21. The summed E-state index contributed by atoms with van der Waals surface area (Å²) in [5, 5.41) is 11.3. The van der Waals surface area contributed by atoms with Gasteiger partial charge in [-0.3, -0.25) is 4.79 Å². The molecule has 0 unspecified atom stereocenters. The van der Waals surface area contributed by atoms with Gasteiger partial charge >= 0.3 is 5.97 Å². The Balaban J connectivity index is 1.64. The molecule has 0 saturated carbocycles. The highest BCUT2D eigenvalue weighted by Crippen LogP contribution is 2.21. The first-order valence-corrected chi connectivity index (χ1v) is 12.9. The Morgan fingerprint density at radius 3 is 2.52 bits per heavy atom. The molecule has 3 rings (SSSR count). The fraction of sp³-hybridized carbons (Fsp3) is 0.273. The lowest BCUT2D eigenvalue weighted by atomic mass is 10.2. The van der Waals surface area contributed by atoms with Gasteiger partial charge in [0.1, 0.15) is 11.6 Å². The van der Waals surface area contributed by atoms with E-state index in [2.05, 4.69) is 15.5 Å². The maximum Gasteiger partial charge on any atom is 0.338 e. The van der Waals surface area contributed by atoms with Crippen molar-refractivity contribution in [2.45, 2.75) is 36.2 Å². The summed E-state index contributed by atoms with van der Waals surface area (Å²) < 4.78 is 32.0. The molecule has 3 aromatic rings.